The highest BCUT2D eigenvalue weighted by Crippen LogP contribution is 2.12. The molecular weight excluding hydrogens is 513 g/mol. The Bertz CT molecular complexity index is 1090. The molecule has 11 nitrogen and oxygen atoms in total. The van der Waals surface area contributed by atoms with E-state index in [1.807, 2.05) is 56.1 Å². The van der Waals surface area contributed by atoms with Crippen molar-refractivity contribution < 1.29 is 28.6 Å². The van der Waals surface area contributed by atoms with Crippen LogP contribution >= 0.6 is 0 Å². The zero-order valence-electron chi connectivity index (χ0n) is 24.0. The van der Waals surface area contributed by atoms with Gasteiger partial charge in [0, 0.05) is 37.8 Å². The monoisotopic (exact) mass is 553 g/mol. The molecule has 0 fully saturated rings. The minimum atomic E-state index is -0.891. The minimum Gasteiger partial charge on any atom is -0.534 e. The summed E-state index contributed by atoms with van der Waals surface area (Å²) in [5.74, 6) is -1.89. The molecule has 0 radical (unpaired) electrons. The minimum absolute atomic E-state index is 0.103. The normalized spacial score (nSPS) is 12.4. The molecule has 2 N–H and O–H groups in total. The molecule has 1 aromatic carbocycles. The highest BCUT2D eigenvalue weighted by Gasteiger charge is 2.32. The molecule has 40 heavy (non-hydrogen) atoms. The molecule has 12 heteroatoms. The summed E-state index contributed by atoms with van der Waals surface area (Å²) < 4.78 is 10.3. The number of methoxy groups -OCH3 is 1. The second kappa shape index (κ2) is 17.0. The lowest BCUT2D eigenvalue weighted by Gasteiger charge is -2.27. The van der Waals surface area contributed by atoms with Crippen molar-refractivity contribution >= 4 is 30.7 Å². The molecule has 216 valence electrons. The Hall–Kier alpha value is -3.80. The molecule has 0 bridgehead atoms. The van der Waals surface area contributed by atoms with Crippen LogP contribution in [0.1, 0.15) is 49.2 Å². The van der Waals surface area contributed by atoms with E-state index in [9.17, 15) is 19.2 Å². The van der Waals surface area contributed by atoms with Crippen LogP contribution in [0, 0.1) is 5.92 Å². The van der Waals surface area contributed by atoms with E-state index in [-0.39, 0.29) is 36.8 Å². The summed E-state index contributed by atoms with van der Waals surface area (Å²) in [6.45, 7) is 6.05. The van der Waals surface area contributed by atoms with Crippen LogP contribution in [0.2, 0.25) is 6.82 Å². The molecule has 0 unspecified atom stereocenters. The first-order valence-corrected chi connectivity index (χ1v) is 13.4. The van der Waals surface area contributed by atoms with E-state index in [0.29, 0.717) is 19.5 Å². The van der Waals surface area contributed by atoms with Gasteiger partial charge in [-0.15, -0.1) is 0 Å². The average Bonchev–Trinajstić information content (AvgIpc) is 2.94. The number of nitrogens with one attached hydrogen (secondary N) is 2. The Morgan fingerprint density at radius 3 is 2.27 bits per heavy atom. The number of hydrogen-bond acceptors (Lipinski definition) is 9. The number of carbonyl (C=O) groups excluding carboxylic acids is 4. The van der Waals surface area contributed by atoms with Crippen molar-refractivity contribution in [2.45, 2.75) is 58.3 Å². The van der Waals surface area contributed by atoms with Crippen LogP contribution in [0.3, 0.4) is 0 Å². The van der Waals surface area contributed by atoms with Crippen LogP contribution in [0.5, 0.6) is 0 Å². The van der Waals surface area contributed by atoms with E-state index < -0.39 is 36.7 Å². The molecule has 2 rings (SSSR count). The Kier molecular flexibility index (Phi) is 13.8. The van der Waals surface area contributed by atoms with Crippen molar-refractivity contribution in [3.05, 3.63) is 60.2 Å². The van der Waals surface area contributed by atoms with Gasteiger partial charge in [0.1, 0.15) is 11.7 Å². The zero-order valence-corrected chi connectivity index (χ0v) is 24.0. The molecule has 0 aliphatic heterocycles. The first-order valence-electron chi connectivity index (χ1n) is 13.4. The average molecular weight is 553 g/mol. The lowest BCUT2D eigenvalue weighted by atomic mass is 9.60. The number of amides is 2. The van der Waals surface area contributed by atoms with Crippen LogP contribution in [0.4, 0.5) is 0 Å². The number of benzene rings is 1. The van der Waals surface area contributed by atoms with E-state index in [0.717, 1.165) is 5.56 Å². The van der Waals surface area contributed by atoms with Gasteiger partial charge in [-0.05, 0) is 31.8 Å². The van der Waals surface area contributed by atoms with Gasteiger partial charge in [0.15, 0.2) is 0 Å². The second-order valence-corrected chi connectivity index (χ2v) is 10.1. The molecule has 1 heterocycles. The standard InChI is InChI=1S/C28H40BN5O6/c1-20(2)17-24(29(3)40-26(36)12-16-34(4)15-11-25(35)39-5)33-27(37)22(18-21-9-7-6-8-10-21)32-28(38)23-19-30-13-14-31-23/h6-10,13-14,19-20,22,24H,11-12,15-18H2,1-5H3,(H,32,38)(H,33,37)/t22-,24-/m0/s1. The van der Waals surface area contributed by atoms with Crippen LogP contribution < -0.4 is 10.6 Å². The van der Waals surface area contributed by atoms with E-state index in [1.54, 1.807) is 6.82 Å². The summed E-state index contributed by atoms with van der Waals surface area (Å²) in [6, 6.07) is 8.48. The molecule has 0 aliphatic carbocycles. The third-order valence-electron chi connectivity index (χ3n) is 6.26. The fourth-order valence-electron chi connectivity index (χ4n) is 3.99. The molecule has 0 aliphatic rings. The number of rotatable bonds is 16. The van der Waals surface area contributed by atoms with Crippen LogP contribution in [-0.2, 0) is 30.2 Å². The Morgan fingerprint density at radius 1 is 1.00 bits per heavy atom. The van der Waals surface area contributed by atoms with Gasteiger partial charge in [-0.2, -0.15) is 0 Å². The van der Waals surface area contributed by atoms with Crippen molar-refractivity contribution in [1.29, 1.82) is 0 Å². The SMILES string of the molecule is COC(=O)CCN(C)CCC(=O)OB(C)[C@H](CC(C)C)NC(=O)[C@H](Cc1ccccc1)NC(=O)c1cnccn1. The summed E-state index contributed by atoms with van der Waals surface area (Å²) in [5.41, 5.74) is 0.976. The van der Waals surface area contributed by atoms with Gasteiger partial charge in [-0.1, -0.05) is 44.2 Å². The first kappa shape index (κ1) is 32.4. The van der Waals surface area contributed by atoms with Crippen molar-refractivity contribution in [1.82, 2.24) is 25.5 Å². The third kappa shape index (κ3) is 11.9. The number of ether oxygens (including phenoxy) is 1. The Labute approximate surface area is 236 Å². The van der Waals surface area contributed by atoms with Crippen molar-refractivity contribution in [3.63, 3.8) is 0 Å². The van der Waals surface area contributed by atoms with Gasteiger partial charge in [0.05, 0.1) is 26.1 Å². The van der Waals surface area contributed by atoms with E-state index in [2.05, 4.69) is 25.3 Å². The summed E-state index contributed by atoms with van der Waals surface area (Å²) in [5, 5.41) is 5.78. The predicted octanol–water partition coefficient (Wildman–Crippen LogP) is 1.94. The van der Waals surface area contributed by atoms with Gasteiger partial charge >= 0.3 is 12.9 Å². The van der Waals surface area contributed by atoms with Gasteiger partial charge in [0.2, 0.25) is 5.91 Å². The molecule has 1 aromatic heterocycles. The number of esters is 1. The first-order chi connectivity index (χ1) is 19.1. The van der Waals surface area contributed by atoms with E-state index >= 15 is 0 Å². The molecule has 2 amide bonds. The van der Waals surface area contributed by atoms with Crippen LogP contribution in [0.25, 0.3) is 0 Å². The fourth-order valence-corrected chi connectivity index (χ4v) is 3.99. The van der Waals surface area contributed by atoms with Crippen molar-refractivity contribution in [2.24, 2.45) is 5.92 Å². The molecule has 0 saturated carbocycles. The maximum Gasteiger partial charge on any atom is 0.380 e. The largest absolute Gasteiger partial charge is 0.534 e. The third-order valence-corrected chi connectivity index (χ3v) is 6.26. The summed E-state index contributed by atoms with van der Waals surface area (Å²) in [7, 11) is 3.15. The molecule has 0 saturated heterocycles. The number of aromatic nitrogens is 2. The van der Waals surface area contributed by atoms with Gasteiger partial charge < -0.3 is 24.9 Å². The lowest BCUT2D eigenvalue weighted by Crippen LogP contribution is -2.55. The highest BCUT2D eigenvalue weighted by molar-refractivity contribution is 6.54. The summed E-state index contributed by atoms with van der Waals surface area (Å²) in [6.07, 6.45) is 5.41. The zero-order chi connectivity index (χ0) is 29.5. The van der Waals surface area contributed by atoms with Gasteiger partial charge in [-0.25, -0.2) is 4.98 Å². The molecular formula is C28H40BN5O6. The summed E-state index contributed by atoms with van der Waals surface area (Å²) in [4.78, 5) is 60.1. The number of carbonyl (C=O) groups is 4. The maximum atomic E-state index is 13.5. The second-order valence-electron chi connectivity index (χ2n) is 10.1. The number of nitrogens with zero attached hydrogens (tertiary/aromatic N) is 3. The molecule has 2 atom stereocenters. The van der Waals surface area contributed by atoms with E-state index in [4.69, 9.17) is 4.65 Å². The topological polar surface area (TPSA) is 140 Å². The fraction of sp³-hybridized carbons (Fsp3) is 0.500. The molecule has 0 spiro atoms. The van der Waals surface area contributed by atoms with Gasteiger partial charge in [-0.3, -0.25) is 24.2 Å². The lowest BCUT2D eigenvalue weighted by molar-refractivity contribution is -0.140. The summed E-state index contributed by atoms with van der Waals surface area (Å²) >= 11 is 0. The quantitative estimate of drug-likeness (QED) is 0.236. The predicted molar refractivity (Wildman–Crippen MR) is 151 cm³/mol. The number of hydrogen-bond donors (Lipinski definition) is 2. The van der Waals surface area contributed by atoms with Crippen LogP contribution in [-0.4, -0.2) is 84.8 Å². The smallest absolute Gasteiger partial charge is 0.380 e. The maximum absolute atomic E-state index is 13.5. The van der Waals surface area contributed by atoms with Crippen molar-refractivity contribution in [2.75, 3.05) is 27.2 Å². The Balaban J connectivity index is 2.06. The van der Waals surface area contributed by atoms with E-state index in [1.165, 1.54) is 25.7 Å². The van der Waals surface area contributed by atoms with Gasteiger partial charge in [0.25, 0.3) is 11.9 Å². The Morgan fingerprint density at radius 2 is 1.68 bits per heavy atom. The van der Waals surface area contributed by atoms with Crippen molar-refractivity contribution in [3.8, 4) is 0 Å². The van der Waals surface area contributed by atoms with Crippen LogP contribution in [0.15, 0.2) is 48.9 Å². The highest BCUT2D eigenvalue weighted by atomic mass is 16.5. The molecule has 2 aromatic rings.